The van der Waals surface area contributed by atoms with Crippen LogP contribution in [0.2, 0.25) is 0 Å². The predicted molar refractivity (Wildman–Crippen MR) is 35.5 cm³/mol. The van der Waals surface area contributed by atoms with Gasteiger partial charge in [0.25, 0.3) is 0 Å². The normalized spacial score (nSPS) is 13.8. The van der Waals surface area contributed by atoms with Crippen LogP contribution in [0.1, 0.15) is 6.92 Å². The molecule has 0 saturated heterocycles. The smallest absolute Gasteiger partial charge is 0.139 e. The van der Waals surface area contributed by atoms with Gasteiger partial charge in [0, 0.05) is 13.1 Å². The van der Waals surface area contributed by atoms with Crippen LogP contribution in [0.3, 0.4) is 0 Å². The summed E-state index contributed by atoms with van der Waals surface area (Å²) in [6.45, 7) is 2.79. The van der Waals surface area contributed by atoms with Crippen molar-refractivity contribution < 1.29 is 4.79 Å². The second-order valence-electron chi connectivity index (χ2n) is 1.77. The number of rotatable bonds is 4. The Balaban J connectivity index is 3.63. The molecule has 0 rings (SSSR count). The Kier molecular flexibility index (Phi) is 4.21. The maximum absolute atomic E-state index is 10.1. The van der Waals surface area contributed by atoms with Gasteiger partial charge in [-0.25, -0.2) is 5.01 Å². The molecule has 0 aromatic rings. The summed E-state index contributed by atoms with van der Waals surface area (Å²) in [4.78, 5) is 10.1. The number of carbonyl (C=O) groups is 1. The lowest BCUT2D eigenvalue weighted by Gasteiger charge is -2.18. The standard InChI is InChI=1S/C5H13N3O/c1-2-8(7)5(3-6)4-9/h4-5H,2-3,6-7H2,1H3. The van der Waals surface area contributed by atoms with Crippen molar-refractivity contribution in [3.05, 3.63) is 0 Å². The van der Waals surface area contributed by atoms with E-state index in [1.54, 1.807) is 0 Å². The zero-order chi connectivity index (χ0) is 7.28. The number of likely N-dealkylation sites (N-methyl/N-ethyl adjacent to an activating group) is 1. The molecule has 0 amide bonds. The Hall–Kier alpha value is -0.450. The molecule has 4 nitrogen and oxygen atoms in total. The summed E-state index contributed by atoms with van der Waals surface area (Å²) in [6, 6.07) is -0.324. The Bertz CT molecular complexity index is 86.3. The number of carbonyl (C=O) groups excluding carboxylic acids is 1. The lowest BCUT2D eigenvalue weighted by molar-refractivity contribution is -0.112. The molecule has 0 saturated carbocycles. The SMILES string of the molecule is CCN(N)C(C=O)CN. The van der Waals surface area contributed by atoms with Crippen molar-refractivity contribution in [1.29, 1.82) is 0 Å². The van der Waals surface area contributed by atoms with E-state index in [4.69, 9.17) is 11.6 Å². The van der Waals surface area contributed by atoms with E-state index in [2.05, 4.69) is 0 Å². The summed E-state index contributed by atoms with van der Waals surface area (Å²) >= 11 is 0. The summed E-state index contributed by atoms with van der Waals surface area (Å²) in [5.74, 6) is 5.36. The van der Waals surface area contributed by atoms with Crippen LogP contribution in [0.25, 0.3) is 0 Å². The van der Waals surface area contributed by atoms with Gasteiger partial charge in [-0.05, 0) is 0 Å². The molecule has 1 unspecified atom stereocenters. The van der Waals surface area contributed by atoms with Crippen LogP contribution >= 0.6 is 0 Å². The van der Waals surface area contributed by atoms with Gasteiger partial charge in [-0.15, -0.1) is 0 Å². The first-order valence-electron chi connectivity index (χ1n) is 2.93. The molecule has 0 aliphatic heterocycles. The average Bonchev–Trinajstić information content (AvgIpc) is 1.90. The first-order chi connectivity index (χ1) is 4.26. The largest absolute Gasteiger partial charge is 0.328 e. The highest BCUT2D eigenvalue weighted by atomic mass is 16.1. The van der Waals surface area contributed by atoms with Gasteiger partial charge >= 0.3 is 0 Å². The molecule has 0 aromatic heterocycles. The number of hydrazine groups is 1. The number of aldehydes is 1. The van der Waals surface area contributed by atoms with Crippen molar-refractivity contribution in [2.24, 2.45) is 11.6 Å². The molecule has 4 N–H and O–H groups in total. The van der Waals surface area contributed by atoms with E-state index in [0.29, 0.717) is 6.54 Å². The third-order valence-electron chi connectivity index (χ3n) is 1.19. The number of hydrogen-bond acceptors (Lipinski definition) is 4. The quantitative estimate of drug-likeness (QED) is 0.283. The topological polar surface area (TPSA) is 72.3 Å². The number of nitrogens with zero attached hydrogens (tertiary/aromatic N) is 1. The molecule has 4 heteroatoms. The van der Waals surface area contributed by atoms with Crippen LogP contribution in [-0.2, 0) is 4.79 Å². The summed E-state index contributed by atoms with van der Waals surface area (Å²) in [7, 11) is 0. The molecule has 0 aromatic carbocycles. The van der Waals surface area contributed by atoms with Gasteiger partial charge < -0.3 is 10.5 Å². The van der Waals surface area contributed by atoms with E-state index in [1.807, 2.05) is 6.92 Å². The molecular weight excluding hydrogens is 118 g/mol. The van der Waals surface area contributed by atoms with Gasteiger partial charge in [0.1, 0.15) is 6.29 Å². The van der Waals surface area contributed by atoms with Crippen LogP contribution in [0.15, 0.2) is 0 Å². The van der Waals surface area contributed by atoms with E-state index in [-0.39, 0.29) is 12.6 Å². The van der Waals surface area contributed by atoms with Crippen molar-refractivity contribution in [3.63, 3.8) is 0 Å². The second-order valence-corrected chi connectivity index (χ2v) is 1.77. The van der Waals surface area contributed by atoms with Crippen molar-refractivity contribution in [1.82, 2.24) is 5.01 Å². The Morgan fingerprint density at radius 1 is 1.78 bits per heavy atom. The number of hydrogen-bond donors (Lipinski definition) is 2. The Morgan fingerprint density at radius 3 is 2.44 bits per heavy atom. The Labute approximate surface area is 54.8 Å². The fraction of sp³-hybridized carbons (Fsp3) is 0.800. The van der Waals surface area contributed by atoms with Crippen molar-refractivity contribution in [3.8, 4) is 0 Å². The fourth-order valence-corrected chi connectivity index (χ4v) is 0.504. The lowest BCUT2D eigenvalue weighted by Crippen LogP contribution is -2.46. The fourth-order valence-electron chi connectivity index (χ4n) is 0.504. The average molecular weight is 131 g/mol. The van der Waals surface area contributed by atoms with E-state index < -0.39 is 0 Å². The van der Waals surface area contributed by atoms with E-state index in [1.165, 1.54) is 5.01 Å². The van der Waals surface area contributed by atoms with Gasteiger partial charge in [-0.2, -0.15) is 0 Å². The molecule has 9 heavy (non-hydrogen) atoms. The summed E-state index contributed by atoms with van der Waals surface area (Å²) in [5.41, 5.74) is 5.21. The summed E-state index contributed by atoms with van der Waals surface area (Å²) < 4.78 is 0. The molecule has 54 valence electrons. The predicted octanol–water partition coefficient (Wildman–Crippen LogP) is -1.29. The van der Waals surface area contributed by atoms with Gasteiger partial charge in [-0.3, -0.25) is 5.84 Å². The maximum Gasteiger partial charge on any atom is 0.139 e. The lowest BCUT2D eigenvalue weighted by atomic mass is 10.3. The highest BCUT2D eigenvalue weighted by Crippen LogP contribution is 1.84. The molecule has 0 aliphatic rings. The minimum atomic E-state index is -0.324. The highest BCUT2D eigenvalue weighted by molar-refractivity contribution is 5.57. The zero-order valence-corrected chi connectivity index (χ0v) is 5.58. The van der Waals surface area contributed by atoms with Crippen molar-refractivity contribution >= 4 is 6.29 Å². The van der Waals surface area contributed by atoms with E-state index >= 15 is 0 Å². The maximum atomic E-state index is 10.1. The molecule has 0 bridgehead atoms. The van der Waals surface area contributed by atoms with Crippen LogP contribution in [0, 0.1) is 0 Å². The highest BCUT2D eigenvalue weighted by Gasteiger charge is 2.08. The van der Waals surface area contributed by atoms with Crippen molar-refractivity contribution in [2.75, 3.05) is 13.1 Å². The molecule has 0 aliphatic carbocycles. The molecule has 1 atom stereocenters. The monoisotopic (exact) mass is 131 g/mol. The minimum Gasteiger partial charge on any atom is -0.328 e. The molecule has 0 radical (unpaired) electrons. The summed E-state index contributed by atoms with van der Waals surface area (Å²) in [5, 5.41) is 1.41. The van der Waals surface area contributed by atoms with E-state index in [0.717, 1.165) is 6.29 Å². The molecule has 0 heterocycles. The van der Waals surface area contributed by atoms with Crippen molar-refractivity contribution in [2.45, 2.75) is 13.0 Å². The Morgan fingerprint density at radius 2 is 2.33 bits per heavy atom. The zero-order valence-electron chi connectivity index (χ0n) is 5.58. The van der Waals surface area contributed by atoms with Crippen LogP contribution in [0.4, 0.5) is 0 Å². The summed E-state index contributed by atoms with van der Waals surface area (Å²) in [6.07, 6.45) is 0.753. The van der Waals surface area contributed by atoms with Gasteiger partial charge in [0.15, 0.2) is 0 Å². The van der Waals surface area contributed by atoms with Gasteiger partial charge in [0.05, 0.1) is 6.04 Å². The first kappa shape index (κ1) is 8.55. The van der Waals surface area contributed by atoms with Crippen LogP contribution in [0.5, 0.6) is 0 Å². The molecular formula is C5H13N3O. The second kappa shape index (κ2) is 4.43. The first-order valence-corrected chi connectivity index (χ1v) is 2.93. The van der Waals surface area contributed by atoms with Gasteiger partial charge in [0.2, 0.25) is 0 Å². The molecule has 0 fully saturated rings. The third kappa shape index (κ3) is 2.55. The minimum absolute atomic E-state index is 0.286. The molecule has 0 spiro atoms. The third-order valence-corrected chi connectivity index (χ3v) is 1.19. The number of nitrogens with two attached hydrogens (primary N) is 2. The van der Waals surface area contributed by atoms with E-state index in [9.17, 15) is 4.79 Å². The van der Waals surface area contributed by atoms with Crippen LogP contribution in [-0.4, -0.2) is 30.4 Å². The van der Waals surface area contributed by atoms with Crippen LogP contribution < -0.4 is 11.6 Å². The van der Waals surface area contributed by atoms with Gasteiger partial charge in [-0.1, -0.05) is 6.92 Å².